The molecule has 2 aliphatic heterocycles. The molecule has 104 valence electrons. The van der Waals surface area contributed by atoms with Gasteiger partial charge >= 0.3 is 0 Å². The van der Waals surface area contributed by atoms with Gasteiger partial charge in [-0.05, 0) is 25.7 Å². The van der Waals surface area contributed by atoms with E-state index in [9.17, 15) is 4.79 Å². The van der Waals surface area contributed by atoms with Gasteiger partial charge in [0.1, 0.15) is 0 Å². The Bertz CT molecular complexity index is 451. The van der Waals surface area contributed by atoms with Crippen molar-refractivity contribution in [3.63, 3.8) is 0 Å². The van der Waals surface area contributed by atoms with Gasteiger partial charge in [0.25, 0.3) is 0 Å². The highest BCUT2D eigenvalue weighted by Gasteiger charge is 2.32. The number of aromatic nitrogens is 2. The highest BCUT2D eigenvalue weighted by molar-refractivity contribution is 5.77. The Kier molecular flexibility index (Phi) is 3.55. The number of carbonyl (C=O) groups excluding carboxylic acids is 1. The number of nitrogens with zero attached hydrogens (tertiary/aromatic N) is 3. The Labute approximate surface area is 113 Å². The quantitative estimate of drug-likeness (QED) is 0.833. The van der Waals surface area contributed by atoms with E-state index in [2.05, 4.69) is 5.10 Å². The first-order chi connectivity index (χ1) is 9.24. The van der Waals surface area contributed by atoms with E-state index in [4.69, 9.17) is 4.74 Å². The van der Waals surface area contributed by atoms with E-state index in [-0.39, 0.29) is 18.1 Å². The van der Waals surface area contributed by atoms with E-state index in [1.807, 2.05) is 24.3 Å². The molecule has 0 aliphatic carbocycles. The zero-order chi connectivity index (χ0) is 13.2. The van der Waals surface area contributed by atoms with Gasteiger partial charge in [-0.2, -0.15) is 5.10 Å². The SMILES string of the molecule is Cn1cc(C2CCCN2C(=O)CC2CCCO2)cn1. The monoisotopic (exact) mass is 263 g/mol. The van der Waals surface area contributed by atoms with Gasteiger partial charge in [-0.3, -0.25) is 9.48 Å². The topological polar surface area (TPSA) is 47.4 Å². The van der Waals surface area contributed by atoms with Crippen molar-refractivity contribution < 1.29 is 9.53 Å². The van der Waals surface area contributed by atoms with E-state index in [1.165, 1.54) is 0 Å². The maximum Gasteiger partial charge on any atom is 0.225 e. The molecule has 2 unspecified atom stereocenters. The molecule has 0 radical (unpaired) electrons. The Hall–Kier alpha value is -1.36. The Morgan fingerprint density at radius 2 is 2.37 bits per heavy atom. The van der Waals surface area contributed by atoms with Crippen molar-refractivity contribution in [2.24, 2.45) is 7.05 Å². The van der Waals surface area contributed by atoms with Crippen molar-refractivity contribution in [2.45, 2.75) is 44.2 Å². The third-order valence-electron chi connectivity index (χ3n) is 4.11. The van der Waals surface area contributed by atoms with Crippen molar-refractivity contribution in [3.8, 4) is 0 Å². The van der Waals surface area contributed by atoms with Crippen LogP contribution in [0.2, 0.25) is 0 Å². The summed E-state index contributed by atoms with van der Waals surface area (Å²) in [6.45, 7) is 1.68. The second-order valence-electron chi connectivity index (χ2n) is 5.53. The second-order valence-corrected chi connectivity index (χ2v) is 5.53. The van der Waals surface area contributed by atoms with Gasteiger partial charge in [0.05, 0.1) is 24.8 Å². The lowest BCUT2D eigenvalue weighted by Gasteiger charge is -2.25. The highest BCUT2D eigenvalue weighted by Crippen LogP contribution is 2.32. The Morgan fingerprint density at radius 3 is 3.05 bits per heavy atom. The molecule has 19 heavy (non-hydrogen) atoms. The molecular formula is C14H21N3O2. The standard InChI is InChI=1S/C14H21N3O2/c1-16-10-11(9-15-16)13-5-2-6-17(13)14(18)8-12-4-3-7-19-12/h9-10,12-13H,2-8H2,1H3. The van der Waals surface area contributed by atoms with Crippen LogP contribution in [0.15, 0.2) is 12.4 Å². The average Bonchev–Trinajstić information content (AvgIpc) is 3.07. The minimum Gasteiger partial charge on any atom is -0.378 e. The number of carbonyl (C=O) groups is 1. The third kappa shape index (κ3) is 2.66. The van der Waals surface area contributed by atoms with E-state index in [0.29, 0.717) is 6.42 Å². The van der Waals surface area contributed by atoms with Gasteiger partial charge in [0, 0.05) is 32.0 Å². The van der Waals surface area contributed by atoms with Crippen molar-refractivity contribution in [3.05, 3.63) is 18.0 Å². The van der Waals surface area contributed by atoms with Crippen LogP contribution in [0, 0.1) is 0 Å². The van der Waals surface area contributed by atoms with Crippen molar-refractivity contribution in [2.75, 3.05) is 13.2 Å². The predicted molar refractivity (Wildman–Crippen MR) is 70.5 cm³/mol. The fraction of sp³-hybridized carbons (Fsp3) is 0.714. The summed E-state index contributed by atoms with van der Waals surface area (Å²) < 4.78 is 7.37. The molecule has 0 aromatic carbocycles. The molecule has 0 bridgehead atoms. The first-order valence-electron chi connectivity index (χ1n) is 7.13. The van der Waals surface area contributed by atoms with Crippen LogP contribution in [0.25, 0.3) is 0 Å². The first-order valence-corrected chi connectivity index (χ1v) is 7.13. The molecule has 2 aliphatic rings. The normalized spacial score (nSPS) is 27.1. The number of hydrogen-bond donors (Lipinski definition) is 0. The number of hydrogen-bond acceptors (Lipinski definition) is 3. The van der Waals surface area contributed by atoms with Gasteiger partial charge in [0.15, 0.2) is 0 Å². The fourth-order valence-electron chi connectivity index (χ4n) is 3.14. The van der Waals surface area contributed by atoms with Crippen LogP contribution in [0.3, 0.4) is 0 Å². The van der Waals surface area contributed by atoms with Crippen LogP contribution in [-0.4, -0.2) is 39.8 Å². The fourth-order valence-corrected chi connectivity index (χ4v) is 3.14. The average molecular weight is 263 g/mol. The summed E-state index contributed by atoms with van der Waals surface area (Å²) in [6, 6.07) is 0.211. The summed E-state index contributed by atoms with van der Waals surface area (Å²) >= 11 is 0. The third-order valence-corrected chi connectivity index (χ3v) is 4.11. The summed E-state index contributed by atoms with van der Waals surface area (Å²) in [7, 11) is 1.91. The summed E-state index contributed by atoms with van der Waals surface area (Å²) in [5, 5.41) is 4.21. The number of likely N-dealkylation sites (tertiary alicyclic amines) is 1. The van der Waals surface area contributed by atoms with Crippen LogP contribution >= 0.6 is 0 Å². The molecule has 3 heterocycles. The van der Waals surface area contributed by atoms with Crippen molar-refractivity contribution in [1.29, 1.82) is 0 Å². The van der Waals surface area contributed by atoms with Crippen LogP contribution < -0.4 is 0 Å². The molecule has 0 N–H and O–H groups in total. The summed E-state index contributed by atoms with van der Waals surface area (Å²) in [5.41, 5.74) is 1.15. The van der Waals surface area contributed by atoms with E-state index in [1.54, 1.807) is 4.68 Å². The minimum atomic E-state index is 0.141. The zero-order valence-corrected chi connectivity index (χ0v) is 11.4. The second kappa shape index (κ2) is 5.33. The minimum absolute atomic E-state index is 0.141. The van der Waals surface area contributed by atoms with Crippen LogP contribution in [-0.2, 0) is 16.6 Å². The molecule has 2 atom stereocenters. The lowest BCUT2D eigenvalue weighted by Crippen LogP contribution is -2.32. The maximum absolute atomic E-state index is 12.4. The van der Waals surface area contributed by atoms with Crippen LogP contribution in [0.5, 0.6) is 0 Å². The molecule has 3 rings (SSSR count). The predicted octanol–water partition coefficient (Wildman–Crippen LogP) is 1.65. The van der Waals surface area contributed by atoms with Crippen molar-refractivity contribution in [1.82, 2.24) is 14.7 Å². The zero-order valence-electron chi connectivity index (χ0n) is 11.4. The molecule has 5 heteroatoms. The lowest BCUT2D eigenvalue weighted by atomic mass is 10.1. The molecule has 1 aromatic rings. The van der Waals surface area contributed by atoms with E-state index in [0.717, 1.165) is 44.4 Å². The van der Waals surface area contributed by atoms with Gasteiger partial charge in [-0.1, -0.05) is 0 Å². The Balaban J connectivity index is 1.66. The number of rotatable bonds is 3. The summed E-state index contributed by atoms with van der Waals surface area (Å²) in [6.07, 6.45) is 8.81. The smallest absolute Gasteiger partial charge is 0.225 e. The molecule has 0 saturated carbocycles. The van der Waals surface area contributed by atoms with Gasteiger partial charge in [0.2, 0.25) is 5.91 Å². The summed E-state index contributed by atoms with van der Waals surface area (Å²) in [5.74, 6) is 0.234. The molecule has 0 spiro atoms. The van der Waals surface area contributed by atoms with E-state index < -0.39 is 0 Å². The molecule has 2 saturated heterocycles. The number of aryl methyl sites for hydroxylation is 1. The lowest BCUT2D eigenvalue weighted by molar-refractivity contribution is -0.134. The van der Waals surface area contributed by atoms with E-state index >= 15 is 0 Å². The highest BCUT2D eigenvalue weighted by atomic mass is 16.5. The number of amides is 1. The Morgan fingerprint density at radius 1 is 1.47 bits per heavy atom. The molecule has 1 aromatic heterocycles. The summed E-state index contributed by atoms with van der Waals surface area (Å²) in [4.78, 5) is 14.4. The molecule has 2 fully saturated rings. The largest absolute Gasteiger partial charge is 0.378 e. The first kappa shape index (κ1) is 12.7. The van der Waals surface area contributed by atoms with Crippen LogP contribution in [0.1, 0.15) is 43.7 Å². The van der Waals surface area contributed by atoms with Gasteiger partial charge in [-0.15, -0.1) is 0 Å². The molecule has 1 amide bonds. The molecular weight excluding hydrogens is 242 g/mol. The van der Waals surface area contributed by atoms with Crippen LogP contribution in [0.4, 0.5) is 0 Å². The molecule has 5 nitrogen and oxygen atoms in total. The van der Waals surface area contributed by atoms with Gasteiger partial charge < -0.3 is 9.64 Å². The van der Waals surface area contributed by atoms with Crippen molar-refractivity contribution >= 4 is 5.91 Å². The number of ether oxygens (including phenoxy) is 1. The maximum atomic E-state index is 12.4. The van der Waals surface area contributed by atoms with Gasteiger partial charge in [-0.25, -0.2) is 0 Å².